The molecular weight excluding hydrogens is 702 g/mol. The number of fused-ring (bicyclic) bond motifs is 2. The first kappa shape index (κ1) is 34.8. The average Bonchev–Trinajstić information content (AvgIpc) is 3.58. The number of carbonyl (C=O) groups is 2. The van der Waals surface area contributed by atoms with Crippen molar-refractivity contribution in [3.05, 3.63) is 129 Å². The molecule has 4 aromatic carbocycles. The quantitative estimate of drug-likeness (QED) is 0.261. The summed E-state index contributed by atoms with van der Waals surface area (Å²) in [6, 6.07) is 28.4. The van der Waals surface area contributed by atoms with Crippen molar-refractivity contribution in [1.29, 1.82) is 10.5 Å². The lowest BCUT2D eigenvalue weighted by molar-refractivity contribution is -0.120. The molecule has 52 heavy (non-hydrogen) atoms. The molecule has 0 aromatic heterocycles. The Hall–Kier alpha value is -5.60. The van der Waals surface area contributed by atoms with E-state index >= 15 is 0 Å². The van der Waals surface area contributed by atoms with Crippen molar-refractivity contribution in [2.75, 3.05) is 29.5 Å². The van der Waals surface area contributed by atoms with Crippen molar-refractivity contribution in [3.8, 4) is 12.1 Å². The highest BCUT2D eigenvalue weighted by Crippen LogP contribution is 2.40. The van der Waals surface area contributed by atoms with Gasteiger partial charge in [0.15, 0.2) is 0 Å². The van der Waals surface area contributed by atoms with Crippen LogP contribution in [-0.4, -0.2) is 66.9 Å². The van der Waals surface area contributed by atoms with E-state index in [1.54, 1.807) is 53.4 Å². The Balaban J connectivity index is 1.40. The standard InChI is InChI=1S/C38H34ClN7O5S/c39-31-8-4-7-28(17-31)23-44-34-12-10-27(21-41)16-30(34)19-35(36(44)37(42)47)46(52(49,50)45-13-14-51-38(45)48)32-18-29-15-26(20-40)9-11-33(29)43(24-32)22-25-5-2-1-3-6-25/h1-12,15-17,32,35-36H,13-14,18-19,22-24H2,(H2,42,47). The predicted octanol–water partition coefficient (Wildman–Crippen LogP) is 4.50. The summed E-state index contributed by atoms with van der Waals surface area (Å²) < 4.78 is 37.1. The van der Waals surface area contributed by atoms with E-state index in [9.17, 15) is 28.5 Å². The predicted molar refractivity (Wildman–Crippen MR) is 194 cm³/mol. The normalized spacial score (nSPS) is 19.7. The number of carbonyl (C=O) groups excluding carboxylic acids is 2. The van der Waals surface area contributed by atoms with Crippen LogP contribution in [0.2, 0.25) is 5.02 Å². The summed E-state index contributed by atoms with van der Waals surface area (Å²) >= 11 is 6.35. The highest BCUT2D eigenvalue weighted by Gasteiger charge is 2.52. The van der Waals surface area contributed by atoms with Crippen molar-refractivity contribution < 1.29 is 22.7 Å². The van der Waals surface area contributed by atoms with Crippen LogP contribution >= 0.6 is 11.6 Å². The Morgan fingerprint density at radius 1 is 0.885 bits per heavy atom. The third-order valence-electron chi connectivity index (χ3n) is 9.79. The maximum Gasteiger partial charge on any atom is 0.424 e. The number of cyclic esters (lactones) is 1. The lowest BCUT2D eigenvalue weighted by Gasteiger charge is -2.50. The molecule has 3 atom stereocenters. The average molecular weight is 736 g/mol. The summed E-state index contributed by atoms with van der Waals surface area (Å²) in [4.78, 5) is 30.6. The molecule has 3 aliphatic rings. The monoisotopic (exact) mass is 735 g/mol. The molecule has 2 N–H and O–H groups in total. The molecule has 0 aliphatic carbocycles. The summed E-state index contributed by atoms with van der Waals surface area (Å²) in [7, 11) is -4.67. The molecule has 3 aliphatic heterocycles. The van der Waals surface area contributed by atoms with Crippen LogP contribution in [0.25, 0.3) is 0 Å². The van der Waals surface area contributed by atoms with Crippen molar-refractivity contribution in [3.63, 3.8) is 0 Å². The van der Waals surface area contributed by atoms with E-state index < -0.39 is 40.3 Å². The number of nitriles is 2. The Kier molecular flexibility index (Phi) is 9.51. The molecule has 3 heterocycles. The molecule has 0 spiro atoms. The minimum Gasteiger partial charge on any atom is -0.447 e. The maximum absolute atomic E-state index is 15.0. The van der Waals surface area contributed by atoms with E-state index in [0.717, 1.165) is 22.4 Å². The summed E-state index contributed by atoms with van der Waals surface area (Å²) in [6.07, 6.45) is -0.810. The van der Waals surface area contributed by atoms with Gasteiger partial charge in [-0.3, -0.25) is 4.79 Å². The van der Waals surface area contributed by atoms with Crippen molar-refractivity contribution in [1.82, 2.24) is 8.61 Å². The van der Waals surface area contributed by atoms with Gasteiger partial charge in [-0.15, -0.1) is 0 Å². The number of amides is 2. The van der Waals surface area contributed by atoms with E-state index in [0.29, 0.717) is 38.3 Å². The van der Waals surface area contributed by atoms with Gasteiger partial charge in [-0.25, -0.2) is 4.79 Å². The van der Waals surface area contributed by atoms with E-state index in [-0.39, 0.29) is 39.1 Å². The Morgan fingerprint density at radius 2 is 1.56 bits per heavy atom. The van der Waals surface area contributed by atoms with Crippen molar-refractivity contribution >= 4 is 45.2 Å². The van der Waals surface area contributed by atoms with Crippen LogP contribution < -0.4 is 15.5 Å². The number of halogens is 1. The number of rotatable bonds is 9. The number of ether oxygens (including phenoxy) is 1. The second kappa shape index (κ2) is 14.2. The number of hydrogen-bond donors (Lipinski definition) is 1. The number of anilines is 2. The van der Waals surface area contributed by atoms with Crippen molar-refractivity contribution in [2.45, 2.75) is 44.1 Å². The van der Waals surface area contributed by atoms with Gasteiger partial charge in [0.25, 0.3) is 0 Å². The minimum absolute atomic E-state index is 0.0207. The second-order valence-electron chi connectivity index (χ2n) is 13.0. The largest absolute Gasteiger partial charge is 0.447 e. The fourth-order valence-electron chi connectivity index (χ4n) is 7.64. The number of nitrogens with two attached hydrogens (primary N) is 1. The molecule has 0 saturated carbocycles. The van der Waals surface area contributed by atoms with Gasteiger partial charge in [0.05, 0.1) is 35.9 Å². The molecule has 4 aromatic rings. The van der Waals surface area contributed by atoms with Crippen LogP contribution in [0.3, 0.4) is 0 Å². The van der Waals surface area contributed by atoms with Crippen LogP contribution in [0.15, 0.2) is 91.0 Å². The topological polar surface area (TPSA) is 164 Å². The van der Waals surface area contributed by atoms with Crippen molar-refractivity contribution in [2.24, 2.45) is 5.73 Å². The summed E-state index contributed by atoms with van der Waals surface area (Å²) in [5, 5.41) is 20.1. The number of primary amides is 1. The van der Waals surface area contributed by atoms with Gasteiger partial charge < -0.3 is 20.3 Å². The molecule has 0 bridgehead atoms. The first-order chi connectivity index (χ1) is 25.1. The summed E-state index contributed by atoms with van der Waals surface area (Å²) in [5.74, 6) is -0.768. The maximum atomic E-state index is 15.0. The Labute approximate surface area is 306 Å². The van der Waals surface area contributed by atoms with E-state index in [2.05, 4.69) is 17.0 Å². The molecule has 0 radical (unpaired) electrons. The van der Waals surface area contributed by atoms with Crippen LogP contribution in [0.1, 0.15) is 33.4 Å². The fraction of sp³-hybridized carbons (Fsp3) is 0.263. The first-order valence-corrected chi connectivity index (χ1v) is 18.5. The number of nitrogens with zero attached hydrogens (tertiary/aromatic N) is 6. The van der Waals surface area contributed by atoms with Crippen LogP contribution in [-0.2, 0) is 45.7 Å². The lowest BCUT2D eigenvalue weighted by atomic mass is 9.87. The van der Waals surface area contributed by atoms with Gasteiger partial charge in [-0.1, -0.05) is 54.1 Å². The number of hydrogen-bond acceptors (Lipinski definition) is 9. The Morgan fingerprint density at radius 3 is 2.19 bits per heavy atom. The highest BCUT2D eigenvalue weighted by atomic mass is 35.5. The van der Waals surface area contributed by atoms with Gasteiger partial charge in [-0.05, 0) is 83.6 Å². The zero-order valence-corrected chi connectivity index (χ0v) is 29.5. The zero-order valence-electron chi connectivity index (χ0n) is 27.9. The summed E-state index contributed by atoms with van der Waals surface area (Å²) in [6.45, 7) is 0.432. The third kappa shape index (κ3) is 6.62. The molecule has 14 heteroatoms. The summed E-state index contributed by atoms with van der Waals surface area (Å²) in [5.41, 5.74) is 11.6. The molecule has 2 amide bonds. The van der Waals surface area contributed by atoms with E-state index in [1.165, 1.54) is 4.31 Å². The first-order valence-electron chi connectivity index (χ1n) is 16.7. The van der Waals surface area contributed by atoms with Crippen LogP contribution in [0, 0.1) is 22.7 Å². The fourth-order valence-corrected chi connectivity index (χ4v) is 9.67. The third-order valence-corrected chi connectivity index (χ3v) is 12.0. The smallest absolute Gasteiger partial charge is 0.424 e. The molecule has 7 rings (SSSR count). The molecule has 1 saturated heterocycles. The molecule has 12 nitrogen and oxygen atoms in total. The molecule has 1 fully saturated rings. The Bertz CT molecular complexity index is 2240. The molecule has 264 valence electrons. The SMILES string of the molecule is N#Cc1ccc2c(c1)CC(N(C1Cc3cc(C#N)ccc3N(Cc3cccc(Cl)c3)C1C(N)=O)S(=O)(=O)N1CCOC1=O)CN2Cc1ccccc1. The van der Waals surface area contributed by atoms with Crippen LogP contribution in [0.4, 0.5) is 16.2 Å². The van der Waals surface area contributed by atoms with Gasteiger partial charge in [0, 0.05) is 42.1 Å². The van der Waals surface area contributed by atoms with E-state index in [4.69, 9.17) is 22.1 Å². The molecule has 3 unspecified atom stereocenters. The van der Waals surface area contributed by atoms with Gasteiger partial charge in [0.2, 0.25) is 5.91 Å². The van der Waals surface area contributed by atoms with Gasteiger partial charge in [0.1, 0.15) is 12.6 Å². The van der Waals surface area contributed by atoms with Crippen LogP contribution in [0.5, 0.6) is 0 Å². The van der Waals surface area contributed by atoms with Gasteiger partial charge in [-0.2, -0.15) is 27.6 Å². The second-order valence-corrected chi connectivity index (χ2v) is 15.2. The zero-order chi connectivity index (χ0) is 36.6. The molecular formula is C38H34ClN7O5S. The van der Waals surface area contributed by atoms with E-state index in [1.807, 2.05) is 42.5 Å². The van der Waals surface area contributed by atoms with Gasteiger partial charge >= 0.3 is 16.3 Å². The highest BCUT2D eigenvalue weighted by molar-refractivity contribution is 7.87. The lowest BCUT2D eigenvalue weighted by Crippen LogP contribution is -2.67. The number of benzene rings is 4. The minimum atomic E-state index is -4.67.